The van der Waals surface area contributed by atoms with Crippen molar-refractivity contribution in [1.29, 1.82) is 0 Å². The molecule has 0 unspecified atom stereocenters. The number of carboxylic acid groups (broad SMARTS) is 2. The van der Waals surface area contributed by atoms with E-state index in [1.165, 1.54) is 0 Å². The molecule has 2 N–H and O–H groups in total. The van der Waals surface area contributed by atoms with Crippen molar-refractivity contribution >= 4 is 18.0 Å². The van der Waals surface area contributed by atoms with E-state index in [4.69, 9.17) is 10.2 Å². The fraction of sp³-hybridized carbons (Fsp3) is 0.286. The average Bonchev–Trinajstić information content (AvgIpc) is 2.26. The Morgan fingerprint density at radius 2 is 1.72 bits per heavy atom. The second-order valence-corrected chi connectivity index (χ2v) is 4.07. The summed E-state index contributed by atoms with van der Waals surface area (Å²) in [5, 5.41) is 16.4. The first-order valence-corrected chi connectivity index (χ1v) is 5.59. The van der Waals surface area contributed by atoms with Crippen LogP contribution in [0.5, 0.6) is 0 Å². The summed E-state index contributed by atoms with van der Waals surface area (Å²) in [6.45, 7) is 3.77. The Kier molecular flexibility index (Phi) is 7.94. The van der Waals surface area contributed by atoms with Gasteiger partial charge in [-0.15, -0.1) is 0 Å². The molecule has 1 aromatic rings. The van der Waals surface area contributed by atoms with Gasteiger partial charge in [-0.3, -0.25) is 4.79 Å². The predicted octanol–water partition coefficient (Wildman–Crippen LogP) is 2.90. The Bertz CT molecular complexity index is 394. The highest BCUT2D eigenvalue weighted by atomic mass is 16.4. The lowest BCUT2D eigenvalue weighted by Gasteiger charge is -1.94. The van der Waals surface area contributed by atoms with Crippen LogP contribution < -0.4 is 0 Å². The second-order valence-electron chi connectivity index (χ2n) is 4.07. The third kappa shape index (κ3) is 10.4. The van der Waals surface area contributed by atoms with E-state index < -0.39 is 11.9 Å². The fourth-order valence-corrected chi connectivity index (χ4v) is 1.08. The minimum atomic E-state index is -0.922. The maximum absolute atomic E-state index is 10.1. The van der Waals surface area contributed by atoms with Crippen LogP contribution in [0.25, 0.3) is 6.08 Å². The van der Waals surface area contributed by atoms with Gasteiger partial charge >= 0.3 is 11.9 Å². The van der Waals surface area contributed by atoms with Crippen LogP contribution in [0.15, 0.2) is 36.4 Å². The van der Waals surface area contributed by atoms with Crippen LogP contribution >= 0.6 is 0 Å². The van der Waals surface area contributed by atoms with Crippen LogP contribution in [-0.2, 0) is 9.59 Å². The number of aliphatic carboxylic acids is 2. The van der Waals surface area contributed by atoms with E-state index in [0.29, 0.717) is 0 Å². The summed E-state index contributed by atoms with van der Waals surface area (Å²) < 4.78 is 0. The molecule has 1 aromatic carbocycles. The van der Waals surface area contributed by atoms with Crippen molar-refractivity contribution in [2.24, 2.45) is 5.92 Å². The Labute approximate surface area is 107 Å². The third-order valence-electron chi connectivity index (χ3n) is 1.80. The van der Waals surface area contributed by atoms with Crippen LogP contribution in [-0.4, -0.2) is 22.2 Å². The van der Waals surface area contributed by atoms with E-state index in [1.807, 2.05) is 44.2 Å². The van der Waals surface area contributed by atoms with Gasteiger partial charge in [0.05, 0.1) is 0 Å². The molecule has 0 fully saturated rings. The molecule has 0 aliphatic rings. The van der Waals surface area contributed by atoms with Crippen molar-refractivity contribution < 1.29 is 19.8 Å². The molecule has 4 heteroatoms. The number of rotatable bonds is 4. The van der Waals surface area contributed by atoms with E-state index >= 15 is 0 Å². The molecular formula is C14H18O4. The Balaban J connectivity index is 0.000000360. The second kappa shape index (κ2) is 8.98. The Hall–Kier alpha value is -2.10. The van der Waals surface area contributed by atoms with E-state index in [9.17, 15) is 9.59 Å². The van der Waals surface area contributed by atoms with Crippen molar-refractivity contribution in [3.8, 4) is 0 Å². The lowest BCUT2D eigenvalue weighted by Crippen LogP contribution is -1.99. The minimum absolute atomic E-state index is 0.275. The highest BCUT2D eigenvalue weighted by Gasteiger charge is 1.98. The number of hydrogen-bond donors (Lipinski definition) is 2. The summed E-state index contributed by atoms with van der Waals surface area (Å²) in [6, 6.07) is 9.31. The highest BCUT2D eigenvalue weighted by Crippen LogP contribution is 2.00. The molecule has 0 bridgehead atoms. The monoisotopic (exact) mass is 250 g/mol. The average molecular weight is 250 g/mol. The Morgan fingerprint density at radius 3 is 2.06 bits per heavy atom. The quantitative estimate of drug-likeness (QED) is 0.806. The van der Waals surface area contributed by atoms with E-state index in [-0.39, 0.29) is 12.3 Å². The lowest BCUT2D eigenvalue weighted by atomic mass is 10.1. The molecule has 0 amide bonds. The van der Waals surface area contributed by atoms with Gasteiger partial charge in [-0.05, 0) is 17.6 Å². The van der Waals surface area contributed by atoms with E-state index in [0.717, 1.165) is 11.6 Å². The summed E-state index contributed by atoms with van der Waals surface area (Å²) in [7, 11) is 0. The van der Waals surface area contributed by atoms with Gasteiger partial charge in [-0.1, -0.05) is 44.2 Å². The summed E-state index contributed by atoms with van der Waals surface area (Å²) in [5.74, 6) is -1.36. The van der Waals surface area contributed by atoms with E-state index in [1.54, 1.807) is 6.08 Å². The molecule has 1 rings (SSSR count). The number of carbonyl (C=O) groups is 2. The van der Waals surface area contributed by atoms with Crippen molar-refractivity contribution in [2.75, 3.05) is 0 Å². The van der Waals surface area contributed by atoms with Crippen molar-refractivity contribution in [3.05, 3.63) is 42.0 Å². The minimum Gasteiger partial charge on any atom is -0.481 e. The normalized spacial score (nSPS) is 9.94. The maximum atomic E-state index is 10.1. The molecule has 0 atom stereocenters. The number of benzene rings is 1. The molecular weight excluding hydrogens is 232 g/mol. The maximum Gasteiger partial charge on any atom is 0.328 e. The van der Waals surface area contributed by atoms with Crippen molar-refractivity contribution in [1.82, 2.24) is 0 Å². The van der Waals surface area contributed by atoms with Crippen molar-refractivity contribution in [2.45, 2.75) is 20.3 Å². The number of hydrogen-bond acceptors (Lipinski definition) is 2. The smallest absolute Gasteiger partial charge is 0.328 e. The molecule has 0 heterocycles. The van der Waals surface area contributed by atoms with Gasteiger partial charge in [-0.2, -0.15) is 0 Å². The number of carboxylic acids is 2. The molecule has 0 saturated heterocycles. The molecule has 0 spiro atoms. The van der Waals surface area contributed by atoms with Gasteiger partial charge in [0, 0.05) is 12.5 Å². The molecule has 0 aliphatic carbocycles. The van der Waals surface area contributed by atoms with Gasteiger partial charge in [0.15, 0.2) is 0 Å². The molecule has 4 nitrogen and oxygen atoms in total. The highest BCUT2D eigenvalue weighted by molar-refractivity contribution is 5.85. The van der Waals surface area contributed by atoms with Gasteiger partial charge in [0.25, 0.3) is 0 Å². The van der Waals surface area contributed by atoms with Crippen LogP contribution in [0.2, 0.25) is 0 Å². The summed E-state index contributed by atoms with van der Waals surface area (Å²) in [6.07, 6.45) is 2.96. The molecule has 18 heavy (non-hydrogen) atoms. The first kappa shape index (κ1) is 15.9. The predicted molar refractivity (Wildman–Crippen MR) is 70.2 cm³/mol. The van der Waals surface area contributed by atoms with Crippen LogP contribution in [0, 0.1) is 5.92 Å². The van der Waals surface area contributed by atoms with Gasteiger partial charge in [-0.25, -0.2) is 4.79 Å². The van der Waals surface area contributed by atoms with Crippen LogP contribution in [0.1, 0.15) is 25.8 Å². The lowest BCUT2D eigenvalue weighted by molar-refractivity contribution is -0.137. The van der Waals surface area contributed by atoms with Crippen LogP contribution in [0.4, 0.5) is 0 Å². The standard InChI is InChI=1S/C9H8O2.C5H10O2/c10-9(11)7-6-8-4-2-1-3-5-8;1-4(2)3-5(6)7/h1-7H,(H,10,11);4H,3H2,1-2H3,(H,6,7)/b7-6+;. The molecule has 0 aromatic heterocycles. The zero-order valence-corrected chi connectivity index (χ0v) is 10.5. The molecule has 0 aliphatic heterocycles. The van der Waals surface area contributed by atoms with Crippen molar-refractivity contribution in [3.63, 3.8) is 0 Å². The van der Waals surface area contributed by atoms with E-state index in [2.05, 4.69) is 0 Å². The van der Waals surface area contributed by atoms with Crippen LogP contribution in [0.3, 0.4) is 0 Å². The third-order valence-corrected chi connectivity index (χ3v) is 1.80. The zero-order chi connectivity index (χ0) is 14.0. The van der Waals surface area contributed by atoms with Gasteiger partial charge < -0.3 is 10.2 Å². The first-order valence-electron chi connectivity index (χ1n) is 5.59. The van der Waals surface area contributed by atoms with Gasteiger partial charge in [0.1, 0.15) is 0 Å². The summed E-state index contributed by atoms with van der Waals surface area (Å²) in [5.41, 5.74) is 0.898. The Morgan fingerprint density at radius 1 is 1.17 bits per heavy atom. The fourth-order valence-electron chi connectivity index (χ4n) is 1.08. The zero-order valence-electron chi connectivity index (χ0n) is 10.5. The summed E-state index contributed by atoms with van der Waals surface area (Å²) >= 11 is 0. The van der Waals surface area contributed by atoms with Gasteiger partial charge in [0.2, 0.25) is 0 Å². The molecule has 98 valence electrons. The topological polar surface area (TPSA) is 74.6 Å². The molecule has 0 saturated carbocycles. The first-order chi connectivity index (χ1) is 8.41. The molecule has 0 radical (unpaired) electrons. The largest absolute Gasteiger partial charge is 0.481 e. The SMILES string of the molecule is CC(C)CC(=O)O.O=C(O)/C=C/c1ccccc1. The summed E-state index contributed by atoms with van der Waals surface area (Å²) in [4.78, 5) is 19.9.